The van der Waals surface area contributed by atoms with Gasteiger partial charge in [-0.15, -0.1) is 0 Å². The van der Waals surface area contributed by atoms with Gasteiger partial charge in [-0.3, -0.25) is 0 Å². The largest absolute Gasteiger partial charge is 0.390 e. The summed E-state index contributed by atoms with van der Waals surface area (Å²) >= 11 is 1.47. The standard InChI is InChI=1S/C13H22N2O2S/c1-8(2)17-6-12(16)7-18-13-14-10(4)9(3)11(5)15-13/h8,12,16H,6-7H2,1-5H3. The van der Waals surface area contributed by atoms with Crippen molar-refractivity contribution in [1.82, 2.24) is 9.97 Å². The molecule has 102 valence electrons. The van der Waals surface area contributed by atoms with Crippen molar-refractivity contribution < 1.29 is 9.84 Å². The second kappa shape index (κ2) is 7.07. The zero-order valence-corrected chi connectivity index (χ0v) is 12.5. The van der Waals surface area contributed by atoms with Crippen molar-refractivity contribution in [2.75, 3.05) is 12.4 Å². The maximum Gasteiger partial charge on any atom is 0.188 e. The summed E-state index contributed by atoms with van der Waals surface area (Å²) < 4.78 is 5.35. The van der Waals surface area contributed by atoms with Gasteiger partial charge in [0.05, 0.1) is 18.8 Å². The Morgan fingerprint density at radius 2 is 1.72 bits per heavy atom. The zero-order valence-electron chi connectivity index (χ0n) is 11.7. The lowest BCUT2D eigenvalue weighted by Gasteiger charge is -2.13. The molecule has 0 bridgehead atoms. The minimum atomic E-state index is -0.483. The Bertz CT molecular complexity index is 374. The van der Waals surface area contributed by atoms with Crippen LogP contribution in [0.3, 0.4) is 0 Å². The Labute approximate surface area is 113 Å². The van der Waals surface area contributed by atoms with Crippen molar-refractivity contribution in [2.45, 2.75) is 52.0 Å². The highest BCUT2D eigenvalue weighted by Crippen LogP contribution is 2.18. The first-order chi connectivity index (χ1) is 8.40. The van der Waals surface area contributed by atoms with Gasteiger partial charge < -0.3 is 9.84 Å². The third-order valence-electron chi connectivity index (χ3n) is 2.64. The molecule has 0 spiro atoms. The smallest absolute Gasteiger partial charge is 0.188 e. The fourth-order valence-electron chi connectivity index (χ4n) is 1.33. The number of rotatable bonds is 6. The lowest BCUT2D eigenvalue weighted by molar-refractivity contribution is 0.0152. The highest BCUT2D eigenvalue weighted by atomic mass is 32.2. The van der Waals surface area contributed by atoms with E-state index in [-0.39, 0.29) is 6.10 Å². The molecule has 0 aliphatic rings. The van der Waals surface area contributed by atoms with Crippen LogP contribution in [0.5, 0.6) is 0 Å². The van der Waals surface area contributed by atoms with Crippen LogP contribution in [0, 0.1) is 20.8 Å². The predicted octanol–water partition coefficient (Wildman–Crippen LogP) is 2.28. The molecule has 0 saturated carbocycles. The minimum Gasteiger partial charge on any atom is -0.390 e. The van der Waals surface area contributed by atoms with Gasteiger partial charge in [-0.2, -0.15) is 0 Å². The van der Waals surface area contributed by atoms with E-state index in [1.165, 1.54) is 11.8 Å². The molecular formula is C13H22N2O2S. The molecule has 1 aromatic heterocycles. The van der Waals surface area contributed by atoms with Gasteiger partial charge >= 0.3 is 0 Å². The van der Waals surface area contributed by atoms with Crippen LogP contribution in [-0.2, 0) is 4.74 Å². The van der Waals surface area contributed by atoms with E-state index in [1.54, 1.807) is 0 Å². The molecular weight excluding hydrogens is 248 g/mol. The topological polar surface area (TPSA) is 55.2 Å². The van der Waals surface area contributed by atoms with Gasteiger partial charge in [-0.05, 0) is 40.2 Å². The molecule has 0 saturated heterocycles. The fourth-order valence-corrected chi connectivity index (χ4v) is 2.17. The Balaban J connectivity index is 2.48. The minimum absolute atomic E-state index is 0.143. The number of aromatic nitrogens is 2. The number of nitrogens with zero attached hydrogens (tertiary/aromatic N) is 2. The molecule has 1 rings (SSSR count). The zero-order chi connectivity index (χ0) is 13.7. The maximum absolute atomic E-state index is 9.75. The van der Waals surface area contributed by atoms with Crippen molar-refractivity contribution in [3.05, 3.63) is 17.0 Å². The van der Waals surface area contributed by atoms with Crippen molar-refractivity contribution in [3.63, 3.8) is 0 Å². The Morgan fingerprint density at radius 1 is 1.17 bits per heavy atom. The molecule has 1 atom stereocenters. The van der Waals surface area contributed by atoms with Crippen LogP contribution in [0.4, 0.5) is 0 Å². The summed E-state index contributed by atoms with van der Waals surface area (Å²) in [6.45, 7) is 10.2. The summed E-state index contributed by atoms with van der Waals surface area (Å²) in [6.07, 6.45) is -0.340. The molecule has 1 N–H and O–H groups in total. The van der Waals surface area contributed by atoms with Crippen LogP contribution in [0.15, 0.2) is 5.16 Å². The average molecular weight is 270 g/mol. The number of aryl methyl sites for hydroxylation is 2. The second-order valence-electron chi connectivity index (χ2n) is 4.65. The Morgan fingerprint density at radius 3 is 2.22 bits per heavy atom. The summed E-state index contributed by atoms with van der Waals surface area (Å²) in [5.41, 5.74) is 3.12. The number of ether oxygens (including phenoxy) is 1. The van der Waals surface area contributed by atoms with Crippen LogP contribution in [0.25, 0.3) is 0 Å². The molecule has 1 heterocycles. The molecule has 0 aromatic carbocycles. The van der Waals surface area contributed by atoms with Crippen LogP contribution < -0.4 is 0 Å². The first kappa shape index (κ1) is 15.4. The van der Waals surface area contributed by atoms with Crippen molar-refractivity contribution >= 4 is 11.8 Å². The van der Waals surface area contributed by atoms with Crippen molar-refractivity contribution in [3.8, 4) is 0 Å². The van der Waals surface area contributed by atoms with Crippen molar-refractivity contribution in [2.24, 2.45) is 0 Å². The molecule has 0 aliphatic carbocycles. The van der Waals surface area contributed by atoms with Gasteiger partial charge in [0.2, 0.25) is 0 Å². The summed E-state index contributed by atoms with van der Waals surface area (Å²) in [5, 5.41) is 10.5. The number of thioether (sulfide) groups is 1. The van der Waals surface area contributed by atoms with E-state index >= 15 is 0 Å². The Hall–Kier alpha value is -0.650. The van der Waals surface area contributed by atoms with Gasteiger partial charge in [0.1, 0.15) is 0 Å². The number of hydrogen-bond donors (Lipinski definition) is 1. The molecule has 0 fully saturated rings. The number of aliphatic hydroxyl groups excluding tert-OH is 1. The molecule has 5 heteroatoms. The lowest BCUT2D eigenvalue weighted by Crippen LogP contribution is -2.20. The van der Waals surface area contributed by atoms with E-state index in [2.05, 4.69) is 9.97 Å². The van der Waals surface area contributed by atoms with Crippen LogP contribution in [-0.4, -0.2) is 39.6 Å². The molecule has 18 heavy (non-hydrogen) atoms. The summed E-state index contributed by atoms with van der Waals surface area (Å²) in [6, 6.07) is 0. The lowest BCUT2D eigenvalue weighted by atomic mass is 10.2. The third-order valence-corrected chi connectivity index (χ3v) is 3.63. The maximum atomic E-state index is 9.75. The first-order valence-corrected chi connectivity index (χ1v) is 7.13. The Kier molecular flexibility index (Phi) is 6.05. The van der Waals surface area contributed by atoms with E-state index in [4.69, 9.17) is 4.74 Å². The second-order valence-corrected chi connectivity index (χ2v) is 5.64. The van der Waals surface area contributed by atoms with E-state index in [1.807, 2.05) is 34.6 Å². The predicted molar refractivity (Wildman–Crippen MR) is 74.1 cm³/mol. The average Bonchev–Trinajstić information content (AvgIpc) is 2.30. The van der Waals surface area contributed by atoms with Crippen LogP contribution >= 0.6 is 11.8 Å². The van der Waals surface area contributed by atoms with E-state index in [9.17, 15) is 5.11 Å². The van der Waals surface area contributed by atoms with E-state index < -0.39 is 6.10 Å². The molecule has 0 amide bonds. The fraction of sp³-hybridized carbons (Fsp3) is 0.692. The van der Waals surface area contributed by atoms with Crippen LogP contribution in [0.2, 0.25) is 0 Å². The monoisotopic (exact) mass is 270 g/mol. The van der Waals surface area contributed by atoms with Gasteiger partial charge in [0.15, 0.2) is 5.16 Å². The highest BCUT2D eigenvalue weighted by Gasteiger charge is 2.10. The van der Waals surface area contributed by atoms with Gasteiger partial charge in [-0.25, -0.2) is 9.97 Å². The van der Waals surface area contributed by atoms with Gasteiger partial charge in [-0.1, -0.05) is 11.8 Å². The SMILES string of the molecule is Cc1nc(SCC(O)COC(C)C)nc(C)c1C. The quantitative estimate of drug-likeness (QED) is 0.635. The summed E-state index contributed by atoms with van der Waals surface area (Å²) in [5.74, 6) is 0.550. The molecule has 0 radical (unpaired) electrons. The summed E-state index contributed by atoms with van der Waals surface area (Å²) in [7, 11) is 0. The number of hydrogen-bond acceptors (Lipinski definition) is 5. The van der Waals surface area contributed by atoms with Gasteiger partial charge in [0.25, 0.3) is 0 Å². The highest BCUT2D eigenvalue weighted by molar-refractivity contribution is 7.99. The van der Waals surface area contributed by atoms with Gasteiger partial charge in [0, 0.05) is 17.1 Å². The third kappa shape index (κ3) is 4.92. The normalized spacial score (nSPS) is 13.1. The molecule has 1 aromatic rings. The van der Waals surface area contributed by atoms with E-state index in [0.717, 1.165) is 22.1 Å². The van der Waals surface area contributed by atoms with Crippen molar-refractivity contribution in [1.29, 1.82) is 0 Å². The molecule has 0 aliphatic heterocycles. The molecule has 1 unspecified atom stereocenters. The first-order valence-electron chi connectivity index (χ1n) is 6.14. The van der Waals surface area contributed by atoms with Crippen LogP contribution in [0.1, 0.15) is 30.8 Å². The summed E-state index contributed by atoms with van der Waals surface area (Å²) in [4.78, 5) is 8.80. The van der Waals surface area contributed by atoms with E-state index in [0.29, 0.717) is 12.4 Å². The number of aliphatic hydroxyl groups is 1. The molecule has 4 nitrogen and oxygen atoms in total.